The lowest BCUT2D eigenvalue weighted by Crippen LogP contribution is -2.47. The number of urea groups is 1. The Labute approximate surface area is 181 Å². The van der Waals surface area contributed by atoms with Gasteiger partial charge < -0.3 is 24.8 Å². The van der Waals surface area contributed by atoms with Crippen molar-refractivity contribution in [2.45, 2.75) is 18.9 Å². The number of anilines is 1. The normalized spacial score (nSPS) is 19.7. The molecule has 2 aromatic rings. The van der Waals surface area contributed by atoms with E-state index in [0.29, 0.717) is 36.6 Å². The van der Waals surface area contributed by atoms with E-state index >= 15 is 0 Å². The molecule has 3 heterocycles. The number of amides is 3. The van der Waals surface area contributed by atoms with Crippen LogP contribution in [0.5, 0.6) is 5.75 Å². The highest BCUT2D eigenvalue weighted by atomic mass is 32.1. The summed E-state index contributed by atoms with van der Waals surface area (Å²) in [4.78, 5) is 32.0. The summed E-state index contributed by atoms with van der Waals surface area (Å²) in [5, 5.41) is 7.13. The Hall–Kier alpha value is -2.58. The molecule has 30 heavy (non-hydrogen) atoms. The predicted molar refractivity (Wildman–Crippen MR) is 118 cm³/mol. The highest BCUT2D eigenvalue weighted by Crippen LogP contribution is 2.34. The molecule has 8 heteroatoms. The molecule has 2 aliphatic heterocycles. The van der Waals surface area contributed by atoms with Crippen LogP contribution in [0.2, 0.25) is 0 Å². The van der Waals surface area contributed by atoms with Crippen LogP contribution in [0, 0.1) is 0 Å². The molecule has 0 unspecified atom stereocenters. The molecule has 7 nitrogen and oxygen atoms in total. The number of thiophene rings is 1. The van der Waals surface area contributed by atoms with Gasteiger partial charge in [-0.2, -0.15) is 11.3 Å². The van der Waals surface area contributed by atoms with Gasteiger partial charge in [0, 0.05) is 38.3 Å². The lowest BCUT2D eigenvalue weighted by molar-refractivity contribution is 0.0664. The third-order valence-corrected chi connectivity index (χ3v) is 6.62. The number of piperazine rings is 1. The van der Waals surface area contributed by atoms with E-state index in [0.717, 1.165) is 25.9 Å². The van der Waals surface area contributed by atoms with E-state index in [4.69, 9.17) is 4.74 Å². The minimum Gasteiger partial charge on any atom is -0.495 e. The van der Waals surface area contributed by atoms with E-state index < -0.39 is 0 Å². The van der Waals surface area contributed by atoms with Crippen molar-refractivity contribution in [2.24, 2.45) is 0 Å². The molecule has 160 valence electrons. The first-order valence-electron chi connectivity index (χ1n) is 10.3. The van der Waals surface area contributed by atoms with E-state index in [9.17, 15) is 9.59 Å². The number of hydrogen-bond donors (Lipinski definition) is 1. The second kappa shape index (κ2) is 9.06. The molecule has 1 atom stereocenters. The molecule has 1 N–H and O–H groups in total. The zero-order valence-corrected chi connectivity index (χ0v) is 18.3. The first-order valence-corrected chi connectivity index (χ1v) is 11.3. The molecule has 2 aliphatic rings. The van der Waals surface area contributed by atoms with Crippen molar-refractivity contribution < 1.29 is 14.3 Å². The second-order valence-corrected chi connectivity index (χ2v) is 8.63. The summed E-state index contributed by atoms with van der Waals surface area (Å²) in [7, 11) is 3.63. The standard InChI is InChI=1S/C22H28N4O3S/c1-24-9-11-25(12-10-24)21(27)16-5-6-20(29-2)18(14-16)23-22(28)26-8-3-4-19(26)17-7-13-30-15-17/h5-7,13-15,19H,3-4,8-12H2,1-2H3,(H,23,28)/t19-/m0/s1. The van der Waals surface area contributed by atoms with E-state index in [1.165, 1.54) is 5.56 Å². The highest BCUT2D eigenvalue weighted by molar-refractivity contribution is 7.08. The summed E-state index contributed by atoms with van der Waals surface area (Å²) < 4.78 is 5.44. The lowest BCUT2D eigenvalue weighted by atomic mass is 10.1. The van der Waals surface area contributed by atoms with Crippen LogP contribution in [0.3, 0.4) is 0 Å². The maximum atomic E-state index is 13.1. The van der Waals surface area contributed by atoms with Crippen LogP contribution in [-0.2, 0) is 0 Å². The van der Waals surface area contributed by atoms with Gasteiger partial charge in [0.25, 0.3) is 5.91 Å². The number of carbonyl (C=O) groups is 2. The fourth-order valence-electron chi connectivity index (χ4n) is 4.14. The number of methoxy groups -OCH3 is 1. The quantitative estimate of drug-likeness (QED) is 0.809. The summed E-state index contributed by atoms with van der Waals surface area (Å²) in [5.41, 5.74) is 2.27. The largest absolute Gasteiger partial charge is 0.495 e. The lowest BCUT2D eigenvalue weighted by Gasteiger charge is -2.32. The highest BCUT2D eigenvalue weighted by Gasteiger charge is 2.31. The summed E-state index contributed by atoms with van der Waals surface area (Å²) in [5.74, 6) is 0.531. The maximum Gasteiger partial charge on any atom is 0.322 e. The molecule has 2 fully saturated rings. The van der Waals surface area contributed by atoms with Crippen molar-refractivity contribution in [3.63, 3.8) is 0 Å². The molecule has 1 aromatic heterocycles. The van der Waals surface area contributed by atoms with Gasteiger partial charge in [-0.05, 0) is 60.5 Å². The minimum atomic E-state index is -0.161. The molecule has 0 spiro atoms. The van der Waals surface area contributed by atoms with Crippen molar-refractivity contribution in [1.82, 2.24) is 14.7 Å². The monoisotopic (exact) mass is 428 g/mol. The van der Waals surface area contributed by atoms with Crippen LogP contribution >= 0.6 is 11.3 Å². The molecule has 4 rings (SSSR count). The summed E-state index contributed by atoms with van der Waals surface area (Å²) >= 11 is 1.65. The Morgan fingerprint density at radius 2 is 1.93 bits per heavy atom. The summed E-state index contributed by atoms with van der Waals surface area (Å²) in [6, 6.07) is 7.26. The van der Waals surface area contributed by atoms with Gasteiger partial charge in [-0.25, -0.2) is 4.79 Å². The molecular formula is C22H28N4O3S. The van der Waals surface area contributed by atoms with Gasteiger partial charge in [0.1, 0.15) is 5.75 Å². The SMILES string of the molecule is COc1ccc(C(=O)N2CCN(C)CC2)cc1NC(=O)N1CCC[C@H]1c1ccsc1. The van der Waals surface area contributed by atoms with Crippen molar-refractivity contribution in [1.29, 1.82) is 0 Å². The van der Waals surface area contributed by atoms with Crippen LogP contribution in [0.1, 0.15) is 34.8 Å². The molecular weight excluding hydrogens is 400 g/mol. The van der Waals surface area contributed by atoms with Crippen LogP contribution in [0.4, 0.5) is 10.5 Å². The Bertz CT molecular complexity index is 894. The third kappa shape index (κ3) is 4.29. The van der Waals surface area contributed by atoms with Gasteiger partial charge in [0.05, 0.1) is 18.8 Å². The number of hydrogen-bond acceptors (Lipinski definition) is 5. The van der Waals surface area contributed by atoms with Crippen LogP contribution in [0.15, 0.2) is 35.0 Å². The first kappa shape index (κ1) is 20.7. The van der Waals surface area contributed by atoms with E-state index in [1.807, 2.05) is 15.2 Å². The van der Waals surface area contributed by atoms with Crippen LogP contribution < -0.4 is 10.1 Å². The van der Waals surface area contributed by atoms with Gasteiger partial charge in [0.15, 0.2) is 0 Å². The molecule has 0 aliphatic carbocycles. The van der Waals surface area contributed by atoms with E-state index in [-0.39, 0.29) is 18.0 Å². The van der Waals surface area contributed by atoms with Gasteiger partial charge in [-0.3, -0.25) is 4.79 Å². The van der Waals surface area contributed by atoms with Gasteiger partial charge in [-0.15, -0.1) is 0 Å². The first-order chi connectivity index (χ1) is 14.6. The number of likely N-dealkylation sites (tertiary alicyclic amines) is 1. The van der Waals surface area contributed by atoms with Crippen molar-refractivity contribution in [3.8, 4) is 5.75 Å². The molecule has 0 radical (unpaired) electrons. The Balaban J connectivity index is 1.51. The van der Waals surface area contributed by atoms with Gasteiger partial charge in [-0.1, -0.05) is 0 Å². The molecule has 1 aromatic carbocycles. The van der Waals surface area contributed by atoms with Crippen LogP contribution in [0.25, 0.3) is 0 Å². The van der Waals surface area contributed by atoms with Gasteiger partial charge >= 0.3 is 6.03 Å². The Morgan fingerprint density at radius 1 is 1.13 bits per heavy atom. The number of ether oxygens (including phenoxy) is 1. The average Bonchev–Trinajstić information content (AvgIpc) is 3.45. The maximum absolute atomic E-state index is 13.1. The summed E-state index contributed by atoms with van der Waals surface area (Å²) in [6.07, 6.45) is 1.94. The fraction of sp³-hybridized carbons (Fsp3) is 0.455. The van der Waals surface area contributed by atoms with Crippen molar-refractivity contribution in [3.05, 3.63) is 46.2 Å². The number of likely N-dealkylation sites (N-methyl/N-ethyl adjacent to an activating group) is 1. The number of rotatable bonds is 4. The molecule has 2 saturated heterocycles. The number of carbonyl (C=O) groups excluding carboxylic acids is 2. The topological polar surface area (TPSA) is 65.1 Å². The fourth-order valence-corrected chi connectivity index (χ4v) is 4.85. The van der Waals surface area contributed by atoms with Crippen molar-refractivity contribution >= 4 is 29.0 Å². The third-order valence-electron chi connectivity index (χ3n) is 5.92. The van der Waals surface area contributed by atoms with Crippen molar-refractivity contribution in [2.75, 3.05) is 52.2 Å². The zero-order valence-electron chi connectivity index (χ0n) is 17.5. The molecule has 3 amide bonds. The van der Waals surface area contributed by atoms with E-state index in [1.54, 1.807) is 36.6 Å². The second-order valence-electron chi connectivity index (χ2n) is 7.85. The smallest absolute Gasteiger partial charge is 0.322 e. The predicted octanol–water partition coefficient (Wildman–Crippen LogP) is 3.51. The number of nitrogens with one attached hydrogen (secondary N) is 1. The molecule has 0 saturated carbocycles. The summed E-state index contributed by atoms with van der Waals surface area (Å²) in [6.45, 7) is 3.86. The molecule has 0 bridgehead atoms. The Kier molecular flexibility index (Phi) is 6.24. The average molecular weight is 429 g/mol. The minimum absolute atomic E-state index is 0.0152. The Morgan fingerprint density at radius 3 is 2.63 bits per heavy atom. The van der Waals surface area contributed by atoms with Crippen LogP contribution in [-0.4, -0.2) is 73.5 Å². The van der Waals surface area contributed by atoms with E-state index in [2.05, 4.69) is 28.7 Å². The van der Waals surface area contributed by atoms with Gasteiger partial charge in [0.2, 0.25) is 0 Å². The number of benzene rings is 1. The number of nitrogens with zero attached hydrogens (tertiary/aromatic N) is 3. The zero-order chi connectivity index (χ0) is 21.1.